The Kier molecular flexibility index (Phi) is 2.00. The summed E-state index contributed by atoms with van der Waals surface area (Å²) in [6, 6.07) is 0. The van der Waals surface area contributed by atoms with E-state index >= 15 is 0 Å². The minimum absolute atomic E-state index is 0.411. The predicted molar refractivity (Wildman–Crippen MR) is 50.5 cm³/mol. The third-order valence-corrected chi connectivity index (χ3v) is 2.32. The first-order chi connectivity index (χ1) is 6.33. The Hall–Kier alpha value is -1.38. The lowest BCUT2D eigenvalue weighted by Crippen LogP contribution is -1.90. The zero-order valence-electron chi connectivity index (χ0n) is 7.82. The van der Waals surface area contributed by atoms with Gasteiger partial charge in [0, 0.05) is 18.3 Å². The van der Waals surface area contributed by atoms with Gasteiger partial charge in [-0.3, -0.25) is 0 Å². The van der Waals surface area contributed by atoms with Gasteiger partial charge in [-0.05, 0) is 6.42 Å². The van der Waals surface area contributed by atoms with Crippen molar-refractivity contribution in [1.82, 2.24) is 9.97 Å². The van der Waals surface area contributed by atoms with Gasteiger partial charge in [0.1, 0.15) is 23.1 Å². The third-order valence-electron chi connectivity index (χ3n) is 2.32. The maximum absolute atomic E-state index is 5.44. The molecule has 0 aliphatic carbocycles. The second-order valence-corrected chi connectivity index (χ2v) is 3.20. The second kappa shape index (κ2) is 3.17. The number of rotatable bonds is 2. The molecule has 2 aromatic rings. The highest BCUT2D eigenvalue weighted by Gasteiger charge is 2.13. The van der Waals surface area contributed by atoms with Gasteiger partial charge >= 0.3 is 0 Å². The van der Waals surface area contributed by atoms with Crippen LogP contribution in [-0.4, -0.2) is 9.97 Å². The fourth-order valence-electron chi connectivity index (χ4n) is 1.33. The highest BCUT2D eigenvalue weighted by molar-refractivity contribution is 5.75. The lowest BCUT2D eigenvalue weighted by molar-refractivity contribution is 0.473. The Morgan fingerprint density at radius 2 is 2.15 bits per heavy atom. The highest BCUT2D eigenvalue weighted by Crippen LogP contribution is 2.26. The molecule has 3 heteroatoms. The van der Waals surface area contributed by atoms with E-state index in [9.17, 15) is 0 Å². The largest absolute Gasteiger partial charge is 0.464 e. The first kappa shape index (κ1) is 8.23. The van der Waals surface area contributed by atoms with Crippen molar-refractivity contribution >= 4 is 11.0 Å². The maximum atomic E-state index is 5.44. The van der Waals surface area contributed by atoms with E-state index in [1.54, 1.807) is 18.7 Å². The van der Waals surface area contributed by atoms with Crippen LogP contribution in [0.2, 0.25) is 0 Å². The Balaban J connectivity index is 2.57. The molecule has 3 nitrogen and oxygen atoms in total. The number of aromatic nitrogens is 2. The van der Waals surface area contributed by atoms with Crippen LogP contribution in [0, 0.1) is 0 Å². The second-order valence-electron chi connectivity index (χ2n) is 3.20. The van der Waals surface area contributed by atoms with Gasteiger partial charge < -0.3 is 4.42 Å². The van der Waals surface area contributed by atoms with Gasteiger partial charge in [-0.25, -0.2) is 9.97 Å². The van der Waals surface area contributed by atoms with Crippen LogP contribution in [0.4, 0.5) is 0 Å². The van der Waals surface area contributed by atoms with E-state index < -0.39 is 0 Å². The molecule has 0 aliphatic rings. The summed E-state index contributed by atoms with van der Waals surface area (Å²) in [6.45, 7) is 4.27. The van der Waals surface area contributed by atoms with E-state index in [1.165, 1.54) is 0 Å². The van der Waals surface area contributed by atoms with Gasteiger partial charge in [-0.15, -0.1) is 0 Å². The van der Waals surface area contributed by atoms with Crippen LogP contribution in [0.1, 0.15) is 31.9 Å². The predicted octanol–water partition coefficient (Wildman–Crippen LogP) is 2.74. The summed E-state index contributed by atoms with van der Waals surface area (Å²) < 4.78 is 5.44. The SMILES string of the molecule is CCC(C)c1occ2nccnc12. The molecule has 0 bridgehead atoms. The number of nitrogens with zero attached hydrogens (tertiary/aromatic N) is 2. The molecule has 0 saturated heterocycles. The molecule has 0 fully saturated rings. The normalized spacial score (nSPS) is 13.4. The highest BCUT2D eigenvalue weighted by atomic mass is 16.3. The topological polar surface area (TPSA) is 38.9 Å². The number of furan rings is 1. The summed E-state index contributed by atoms with van der Waals surface area (Å²) in [7, 11) is 0. The van der Waals surface area contributed by atoms with E-state index in [4.69, 9.17) is 4.42 Å². The molecule has 0 aromatic carbocycles. The summed E-state index contributed by atoms with van der Waals surface area (Å²) in [5.74, 6) is 1.36. The first-order valence-electron chi connectivity index (χ1n) is 4.51. The van der Waals surface area contributed by atoms with Gasteiger partial charge in [-0.2, -0.15) is 0 Å². The smallest absolute Gasteiger partial charge is 0.134 e. The lowest BCUT2D eigenvalue weighted by Gasteiger charge is -2.02. The van der Waals surface area contributed by atoms with Gasteiger partial charge in [0.05, 0.1) is 0 Å². The van der Waals surface area contributed by atoms with Crippen LogP contribution in [-0.2, 0) is 0 Å². The zero-order chi connectivity index (χ0) is 9.26. The minimum atomic E-state index is 0.411. The van der Waals surface area contributed by atoms with E-state index in [0.29, 0.717) is 5.92 Å². The van der Waals surface area contributed by atoms with Crippen molar-refractivity contribution in [1.29, 1.82) is 0 Å². The van der Waals surface area contributed by atoms with Crippen molar-refractivity contribution in [2.45, 2.75) is 26.2 Å². The molecule has 0 N–H and O–H groups in total. The molecule has 1 unspecified atom stereocenters. The lowest BCUT2D eigenvalue weighted by atomic mass is 10.1. The molecule has 13 heavy (non-hydrogen) atoms. The van der Waals surface area contributed by atoms with Crippen molar-refractivity contribution in [3.63, 3.8) is 0 Å². The molecule has 1 atom stereocenters. The van der Waals surface area contributed by atoms with Crippen LogP contribution in [0.5, 0.6) is 0 Å². The minimum Gasteiger partial charge on any atom is -0.464 e. The van der Waals surface area contributed by atoms with Gasteiger partial charge in [-0.1, -0.05) is 13.8 Å². The molecule has 0 saturated carbocycles. The monoisotopic (exact) mass is 176 g/mol. The molecule has 68 valence electrons. The zero-order valence-corrected chi connectivity index (χ0v) is 7.82. The maximum Gasteiger partial charge on any atom is 0.134 e. The summed E-state index contributed by atoms with van der Waals surface area (Å²) in [6.07, 6.45) is 6.10. The molecule has 0 spiro atoms. The van der Waals surface area contributed by atoms with Gasteiger partial charge in [0.2, 0.25) is 0 Å². The van der Waals surface area contributed by atoms with Crippen molar-refractivity contribution in [2.24, 2.45) is 0 Å². The summed E-state index contributed by atoms with van der Waals surface area (Å²) >= 11 is 0. The molecule has 0 amide bonds. The first-order valence-corrected chi connectivity index (χ1v) is 4.51. The summed E-state index contributed by atoms with van der Waals surface area (Å²) in [5, 5.41) is 0. The molecule has 2 rings (SSSR count). The molecule has 0 radical (unpaired) electrons. The molecule has 2 aromatic heterocycles. The van der Waals surface area contributed by atoms with Crippen molar-refractivity contribution in [3.8, 4) is 0 Å². The van der Waals surface area contributed by atoms with Crippen LogP contribution in [0.15, 0.2) is 23.1 Å². The molecule has 2 heterocycles. The Bertz CT molecular complexity index is 408. The Morgan fingerprint density at radius 3 is 2.92 bits per heavy atom. The number of hydrogen-bond donors (Lipinski definition) is 0. The molecule has 0 aliphatic heterocycles. The van der Waals surface area contributed by atoms with E-state index in [0.717, 1.165) is 23.2 Å². The standard InChI is InChI=1S/C10H12N2O/c1-3-7(2)10-9-8(6-13-10)11-4-5-12-9/h4-7H,3H2,1-2H3. The Labute approximate surface area is 76.8 Å². The van der Waals surface area contributed by atoms with Crippen LogP contribution < -0.4 is 0 Å². The van der Waals surface area contributed by atoms with E-state index in [1.807, 2.05) is 0 Å². The van der Waals surface area contributed by atoms with E-state index in [-0.39, 0.29) is 0 Å². The van der Waals surface area contributed by atoms with Crippen LogP contribution in [0.25, 0.3) is 11.0 Å². The quantitative estimate of drug-likeness (QED) is 0.706. The molecular weight excluding hydrogens is 164 g/mol. The summed E-state index contributed by atoms with van der Waals surface area (Å²) in [4.78, 5) is 8.42. The average Bonchev–Trinajstić information content (AvgIpc) is 2.60. The fraction of sp³-hybridized carbons (Fsp3) is 0.400. The van der Waals surface area contributed by atoms with E-state index in [2.05, 4.69) is 23.8 Å². The average molecular weight is 176 g/mol. The van der Waals surface area contributed by atoms with Crippen molar-refractivity contribution in [3.05, 3.63) is 24.4 Å². The number of fused-ring (bicyclic) bond motifs is 1. The van der Waals surface area contributed by atoms with Gasteiger partial charge in [0.15, 0.2) is 0 Å². The van der Waals surface area contributed by atoms with Crippen molar-refractivity contribution < 1.29 is 4.42 Å². The van der Waals surface area contributed by atoms with Crippen LogP contribution in [0.3, 0.4) is 0 Å². The fourth-order valence-corrected chi connectivity index (χ4v) is 1.33. The van der Waals surface area contributed by atoms with Crippen LogP contribution >= 0.6 is 0 Å². The Morgan fingerprint density at radius 1 is 1.38 bits per heavy atom. The summed E-state index contributed by atoms with van der Waals surface area (Å²) in [5.41, 5.74) is 1.75. The molecular formula is C10H12N2O. The third kappa shape index (κ3) is 1.30. The van der Waals surface area contributed by atoms with Crippen molar-refractivity contribution in [2.75, 3.05) is 0 Å². The van der Waals surface area contributed by atoms with Gasteiger partial charge in [0.25, 0.3) is 0 Å². The number of hydrogen-bond acceptors (Lipinski definition) is 3.